The number of hydrogen-bond donors (Lipinski definition) is 3. The van der Waals surface area contributed by atoms with Crippen LogP contribution in [0.15, 0.2) is 24.3 Å². The lowest BCUT2D eigenvalue weighted by atomic mass is 10.2. The smallest absolute Gasteiger partial charge is 0.255 e. The largest absolute Gasteiger partial charge is 0.484 e. The van der Waals surface area contributed by atoms with Crippen LogP contribution in [-0.4, -0.2) is 44.2 Å². The topological polar surface area (TPSA) is 103 Å². The van der Waals surface area contributed by atoms with Crippen LogP contribution in [0.25, 0.3) is 0 Å². The Morgan fingerprint density at radius 2 is 2.29 bits per heavy atom. The number of rotatable bonds is 5. The van der Waals surface area contributed by atoms with Gasteiger partial charge in [0.2, 0.25) is 0 Å². The van der Waals surface area contributed by atoms with Crippen LogP contribution < -0.4 is 21.1 Å². The van der Waals surface area contributed by atoms with Gasteiger partial charge in [-0.25, -0.2) is 0 Å². The molecule has 8 heteroatoms. The Kier molecular flexibility index (Phi) is 6.93. The van der Waals surface area contributed by atoms with Gasteiger partial charge in [-0.05, 0) is 12.1 Å². The van der Waals surface area contributed by atoms with Crippen LogP contribution in [0.1, 0.15) is 0 Å². The van der Waals surface area contributed by atoms with E-state index in [9.17, 15) is 9.59 Å². The number of primary amides is 1. The van der Waals surface area contributed by atoms with Crippen LogP contribution in [-0.2, 0) is 14.3 Å². The summed E-state index contributed by atoms with van der Waals surface area (Å²) in [6.07, 6.45) is -0.501. The number of halogens is 1. The van der Waals surface area contributed by atoms with Crippen molar-refractivity contribution in [3.63, 3.8) is 0 Å². The molecule has 1 fully saturated rings. The molecule has 0 aliphatic carbocycles. The van der Waals surface area contributed by atoms with E-state index in [1.54, 1.807) is 24.3 Å². The maximum Gasteiger partial charge on any atom is 0.255 e. The quantitative estimate of drug-likeness (QED) is 0.704. The lowest BCUT2D eigenvalue weighted by molar-refractivity contribution is -0.128. The molecule has 0 aromatic heterocycles. The minimum Gasteiger partial charge on any atom is -0.484 e. The second-order valence-corrected chi connectivity index (χ2v) is 4.34. The molecule has 0 bridgehead atoms. The summed E-state index contributed by atoms with van der Waals surface area (Å²) >= 11 is 0. The fourth-order valence-electron chi connectivity index (χ4n) is 1.77. The van der Waals surface area contributed by atoms with Gasteiger partial charge >= 0.3 is 0 Å². The Bertz CT molecular complexity index is 492. The van der Waals surface area contributed by atoms with E-state index >= 15 is 0 Å². The maximum absolute atomic E-state index is 12.0. The summed E-state index contributed by atoms with van der Waals surface area (Å²) in [5.74, 6) is -0.311. The normalized spacial score (nSPS) is 17.4. The number of carbonyl (C=O) groups is 2. The van der Waals surface area contributed by atoms with E-state index < -0.39 is 12.0 Å². The van der Waals surface area contributed by atoms with Crippen molar-refractivity contribution in [2.75, 3.05) is 31.6 Å². The van der Waals surface area contributed by atoms with Gasteiger partial charge in [0.05, 0.1) is 6.61 Å². The number of carbonyl (C=O) groups excluding carboxylic acids is 2. The first-order valence-corrected chi connectivity index (χ1v) is 6.29. The van der Waals surface area contributed by atoms with Gasteiger partial charge < -0.3 is 25.8 Å². The summed E-state index contributed by atoms with van der Waals surface area (Å²) in [5, 5.41) is 5.82. The van der Waals surface area contributed by atoms with Gasteiger partial charge in [-0.15, -0.1) is 12.4 Å². The van der Waals surface area contributed by atoms with Gasteiger partial charge in [0.1, 0.15) is 11.9 Å². The molecule has 4 N–H and O–H groups in total. The number of ether oxygens (including phenoxy) is 2. The standard InChI is InChI=1S/C13H17N3O4.ClH/c14-12(17)8-20-10-3-1-2-9(6-10)16-13(18)11-7-15-4-5-19-11;/h1-3,6,11,15H,4-5,7-8H2,(H2,14,17)(H,16,18);1H. The Hall–Kier alpha value is -1.83. The number of anilines is 1. The molecule has 1 atom stereocenters. The van der Waals surface area contributed by atoms with Gasteiger partial charge in [-0.1, -0.05) is 6.07 Å². The van der Waals surface area contributed by atoms with Crippen LogP contribution in [0.4, 0.5) is 5.69 Å². The molecule has 0 radical (unpaired) electrons. The summed E-state index contributed by atoms with van der Waals surface area (Å²) in [4.78, 5) is 22.6. The Morgan fingerprint density at radius 1 is 1.48 bits per heavy atom. The molecule has 2 rings (SSSR count). The highest BCUT2D eigenvalue weighted by Gasteiger charge is 2.21. The fourth-order valence-corrected chi connectivity index (χ4v) is 1.77. The van der Waals surface area contributed by atoms with E-state index in [-0.39, 0.29) is 24.9 Å². The number of nitrogens with one attached hydrogen (secondary N) is 2. The lowest BCUT2D eigenvalue weighted by Crippen LogP contribution is -2.45. The Balaban J connectivity index is 0.00000220. The predicted octanol–water partition coefficient (Wildman–Crippen LogP) is -0.101. The maximum atomic E-state index is 12.0. The third kappa shape index (κ3) is 5.58. The third-order valence-corrected chi connectivity index (χ3v) is 2.70. The van der Waals surface area contributed by atoms with Gasteiger partial charge in [0.15, 0.2) is 6.61 Å². The third-order valence-electron chi connectivity index (χ3n) is 2.70. The van der Waals surface area contributed by atoms with Gasteiger partial charge in [0, 0.05) is 24.8 Å². The zero-order chi connectivity index (χ0) is 14.4. The zero-order valence-electron chi connectivity index (χ0n) is 11.3. The molecule has 1 heterocycles. The minimum atomic E-state index is -0.555. The van der Waals surface area contributed by atoms with Gasteiger partial charge in [-0.2, -0.15) is 0 Å². The molecule has 0 spiro atoms. The van der Waals surface area contributed by atoms with E-state index in [0.29, 0.717) is 24.6 Å². The van der Waals surface area contributed by atoms with Crippen molar-refractivity contribution in [1.29, 1.82) is 0 Å². The van der Waals surface area contributed by atoms with E-state index in [1.165, 1.54) is 0 Å². The highest BCUT2D eigenvalue weighted by atomic mass is 35.5. The minimum absolute atomic E-state index is 0. The molecule has 2 amide bonds. The second-order valence-electron chi connectivity index (χ2n) is 4.34. The first kappa shape index (κ1) is 17.2. The lowest BCUT2D eigenvalue weighted by Gasteiger charge is -2.22. The van der Waals surface area contributed by atoms with Crippen molar-refractivity contribution >= 4 is 29.9 Å². The number of morpholine rings is 1. The average molecular weight is 316 g/mol. The molecule has 1 unspecified atom stereocenters. The van der Waals surface area contributed by atoms with Gasteiger partial charge in [-0.3, -0.25) is 9.59 Å². The molecule has 7 nitrogen and oxygen atoms in total. The van der Waals surface area contributed by atoms with Gasteiger partial charge in [0.25, 0.3) is 11.8 Å². The summed E-state index contributed by atoms with van der Waals surface area (Å²) in [5.41, 5.74) is 5.57. The van der Waals surface area contributed by atoms with E-state index in [1.807, 2.05) is 0 Å². The molecule has 0 saturated carbocycles. The highest BCUT2D eigenvalue weighted by Crippen LogP contribution is 2.17. The van der Waals surface area contributed by atoms with Crippen molar-refractivity contribution < 1.29 is 19.1 Å². The Morgan fingerprint density at radius 3 is 2.95 bits per heavy atom. The van der Waals surface area contributed by atoms with Crippen molar-refractivity contribution in [2.24, 2.45) is 5.73 Å². The van der Waals surface area contributed by atoms with E-state index in [0.717, 1.165) is 6.54 Å². The van der Waals surface area contributed by atoms with Crippen molar-refractivity contribution in [1.82, 2.24) is 5.32 Å². The zero-order valence-corrected chi connectivity index (χ0v) is 12.2. The number of benzene rings is 1. The molecule has 1 aliphatic rings. The van der Waals surface area contributed by atoms with Crippen molar-refractivity contribution in [3.05, 3.63) is 24.3 Å². The average Bonchev–Trinajstić information content (AvgIpc) is 2.46. The summed E-state index contributed by atoms with van der Waals surface area (Å²) in [7, 11) is 0. The summed E-state index contributed by atoms with van der Waals surface area (Å²) in [6, 6.07) is 6.74. The van der Waals surface area contributed by atoms with Crippen LogP contribution in [0, 0.1) is 0 Å². The second kappa shape index (κ2) is 8.46. The predicted molar refractivity (Wildman–Crippen MR) is 79.6 cm³/mol. The van der Waals surface area contributed by atoms with E-state index in [2.05, 4.69) is 10.6 Å². The number of hydrogen-bond acceptors (Lipinski definition) is 5. The van der Waals surface area contributed by atoms with Crippen LogP contribution in [0.5, 0.6) is 5.75 Å². The monoisotopic (exact) mass is 315 g/mol. The summed E-state index contributed by atoms with van der Waals surface area (Å²) in [6.45, 7) is 1.55. The molecule has 116 valence electrons. The first-order chi connectivity index (χ1) is 9.65. The number of amides is 2. The van der Waals surface area contributed by atoms with E-state index in [4.69, 9.17) is 15.2 Å². The molecule has 1 saturated heterocycles. The SMILES string of the molecule is Cl.NC(=O)COc1cccc(NC(=O)C2CNCCO2)c1. The first-order valence-electron chi connectivity index (χ1n) is 6.29. The van der Waals surface area contributed by atoms with Crippen molar-refractivity contribution in [3.8, 4) is 5.75 Å². The molecule has 1 aromatic rings. The van der Waals surface area contributed by atoms with Crippen LogP contribution >= 0.6 is 12.4 Å². The van der Waals surface area contributed by atoms with Crippen molar-refractivity contribution in [2.45, 2.75) is 6.10 Å². The fraction of sp³-hybridized carbons (Fsp3) is 0.385. The highest BCUT2D eigenvalue weighted by molar-refractivity contribution is 5.94. The molecule has 21 heavy (non-hydrogen) atoms. The summed E-state index contributed by atoms with van der Waals surface area (Å²) < 4.78 is 10.5. The molecular formula is C13H18ClN3O4. The van der Waals surface area contributed by atoms with Crippen LogP contribution in [0.2, 0.25) is 0 Å². The Labute approximate surface area is 128 Å². The molecule has 1 aromatic carbocycles. The van der Waals surface area contributed by atoms with Crippen LogP contribution in [0.3, 0.4) is 0 Å². The molecule has 1 aliphatic heterocycles. The number of nitrogens with two attached hydrogens (primary N) is 1. The molecular weight excluding hydrogens is 298 g/mol.